The summed E-state index contributed by atoms with van der Waals surface area (Å²) < 4.78 is 0. The van der Waals surface area contributed by atoms with Crippen LogP contribution in [0.3, 0.4) is 0 Å². The Morgan fingerprint density at radius 3 is 2.36 bits per heavy atom. The van der Waals surface area contributed by atoms with Crippen molar-refractivity contribution in [2.45, 2.75) is 51.4 Å². The van der Waals surface area contributed by atoms with Gasteiger partial charge in [0.2, 0.25) is 0 Å². The summed E-state index contributed by atoms with van der Waals surface area (Å²) in [6.07, 6.45) is 19.3. The Hall–Kier alpha value is -0.780. The van der Waals surface area contributed by atoms with Crippen molar-refractivity contribution in [2.24, 2.45) is 0 Å². The third-order valence-electron chi connectivity index (χ3n) is 2.57. The topological polar surface area (TPSA) is 0 Å². The second-order valence-corrected chi connectivity index (χ2v) is 4.02. The number of unbranched alkanes of at least 4 members (excludes halogenated alkanes) is 5. The molecule has 0 nitrogen and oxygen atoms in total. The van der Waals surface area contributed by atoms with Crippen molar-refractivity contribution in [3.63, 3.8) is 0 Å². The lowest BCUT2D eigenvalue weighted by atomic mass is 10.1. The largest absolute Gasteiger partial charge is 0.0991 e. The summed E-state index contributed by atoms with van der Waals surface area (Å²) >= 11 is 0. The van der Waals surface area contributed by atoms with Crippen LogP contribution in [0.4, 0.5) is 0 Å². The molecule has 1 aliphatic carbocycles. The molecule has 1 aliphatic rings. The Labute approximate surface area is 88.4 Å². The van der Waals surface area contributed by atoms with Crippen LogP contribution in [-0.2, 0) is 0 Å². The lowest BCUT2D eigenvalue weighted by Crippen LogP contribution is -1.76. The third kappa shape index (κ3) is 6.71. The van der Waals surface area contributed by atoms with E-state index in [2.05, 4.69) is 18.7 Å². The molecule has 0 aromatic rings. The van der Waals surface area contributed by atoms with Crippen molar-refractivity contribution in [1.82, 2.24) is 0 Å². The first kappa shape index (κ1) is 11.3. The summed E-state index contributed by atoms with van der Waals surface area (Å²) in [7, 11) is 0. The van der Waals surface area contributed by atoms with Crippen LogP contribution in [0.5, 0.6) is 0 Å². The predicted molar refractivity (Wildman–Crippen MR) is 64.4 cm³/mol. The van der Waals surface area contributed by atoms with E-state index in [1.165, 1.54) is 51.4 Å². The van der Waals surface area contributed by atoms with Gasteiger partial charge >= 0.3 is 0 Å². The fraction of sp³-hybridized carbons (Fsp3) is 0.571. The average molecular weight is 190 g/mol. The van der Waals surface area contributed by atoms with Crippen LogP contribution < -0.4 is 0 Å². The molecule has 0 atom stereocenters. The molecule has 0 aliphatic heterocycles. The van der Waals surface area contributed by atoms with Crippen molar-refractivity contribution in [3.05, 3.63) is 36.5 Å². The molecule has 0 aromatic carbocycles. The molecule has 14 heavy (non-hydrogen) atoms. The second kappa shape index (κ2) is 7.61. The molecular formula is C14H22. The summed E-state index contributed by atoms with van der Waals surface area (Å²) in [5, 5.41) is 0. The van der Waals surface area contributed by atoms with Crippen molar-refractivity contribution < 1.29 is 0 Å². The fourth-order valence-corrected chi connectivity index (χ4v) is 1.54. The van der Waals surface area contributed by atoms with E-state index in [0.29, 0.717) is 0 Å². The average Bonchev–Trinajstić information content (AvgIpc) is 2.99. The first-order valence-corrected chi connectivity index (χ1v) is 5.89. The molecule has 1 fully saturated rings. The van der Waals surface area contributed by atoms with Crippen LogP contribution in [0.2, 0.25) is 0 Å². The zero-order chi connectivity index (χ0) is 10.1. The zero-order valence-electron chi connectivity index (χ0n) is 9.17. The number of hydrogen-bond acceptors (Lipinski definition) is 0. The normalized spacial score (nSPS) is 14.7. The highest BCUT2D eigenvalue weighted by Crippen LogP contribution is 2.28. The number of rotatable bonds is 8. The maximum Gasteiger partial charge on any atom is -0.0283 e. The maximum atomic E-state index is 3.65. The van der Waals surface area contributed by atoms with Gasteiger partial charge in [-0.2, -0.15) is 0 Å². The van der Waals surface area contributed by atoms with Gasteiger partial charge < -0.3 is 0 Å². The van der Waals surface area contributed by atoms with E-state index >= 15 is 0 Å². The third-order valence-corrected chi connectivity index (χ3v) is 2.57. The Morgan fingerprint density at radius 2 is 1.71 bits per heavy atom. The summed E-state index contributed by atoms with van der Waals surface area (Å²) in [6, 6.07) is 0. The van der Waals surface area contributed by atoms with Crippen LogP contribution in [-0.4, -0.2) is 0 Å². The second-order valence-electron chi connectivity index (χ2n) is 4.02. The molecule has 78 valence electrons. The molecule has 0 heterocycles. The molecule has 0 spiro atoms. The van der Waals surface area contributed by atoms with Crippen LogP contribution in [0, 0.1) is 0 Å². The molecule has 0 amide bonds. The van der Waals surface area contributed by atoms with Crippen LogP contribution in [0.15, 0.2) is 36.5 Å². The van der Waals surface area contributed by atoms with E-state index in [0.717, 1.165) is 0 Å². The Balaban J connectivity index is 1.77. The minimum Gasteiger partial charge on any atom is -0.0991 e. The van der Waals surface area contributed by atoms with Gasteiger partial charge in [-0.05, 0) is 38.5 Å². The molecule has 0 heteroatoms. The highest BCUT2D eigenvalue weighted by atomic mass is 14.1. The smallest absolute Gasteiger partial charge is 0.0283 e. The maximum absolute atomic E-state index is 3.65. The van der Waals surface area contributed by atoms with Crippen LogP contribution in [0.25, 0.3) is 0 Å². The quantitative estimate of drug-likeness (QED) is 0.293. The molecule has 0 N–H and O–H groups in total. The van der Waals surface area contributed by atoms with Gasteiger partial charge in [-0.25, -0.2) is 0 Å². The van der Waals surface area contributed by atoms with Gasteiger partial charge in [0.25, 0.3) is 0 Å². The highest BCUT2D eigenvalue weighted by molar-refractivity contribution is 5.15. The van der Waals surface area contributed by atoms with E-state index in [1.807, 2.05) is 12.2 Å². The first-order valence-electron chi connectivity index (χ1n) is 5.89. The zero-order valence-corrected chi connectivity index (χ0v) is 9.17. The molecule has 1 saturated carbocycles. The van der Waals surface area contributed by atoms with Crippen LogP contribution in [0.1, 0.15) is 51.4 Å². The lowest BCUT2D eigenvalue weighted by Gasteiger charge is -1.96. The molecule has 0 unspecified atom stereocenters. The SMILES string of the molecule is C=CC=CCCCCCCC=C1CC1. The minimum atomic E-state index is 1.22. The number of allylic oxidation sites excluding steroid dienone is 5. The van der Waals surface area contributed by atoms with Gasteiger partial charge in [0.1, 0.15) is 0 Å². The molecule has 0 radical (unpaired) electrons. The predicted octanol–water partition coefficient (Wildman–Crippen LogP) is 4.79. The Morgan fingerprint density at radius 1 is 1.00 bits per heavy atom. The first-order chi connectivity index (χ1) is 6.93. The fourth-order valence-electron chi connectivity index (χ4n) is 1.54. The lowest BCUT2D eigenvalue weighted by molar-refractivity contribution is 0.652. The van der Waals surface area contributed by atoms with Crippen molar-refractivity contribution >= 4 is 0 Å². The number of hydrogen-bond donors (Lipinski definition) is 0. The van der Waals surface area contributed by atoms with E-state index in [4.69, 9.17) is 0 Å². The van der Waals surface area contributed by atoms with Gasteiger partial charge in [-0.1, -0.05) is 49.3 Å². The van der Waals surface area contributed by atoms with Gasteiger partial charge in [-0.3, -0.25) is 0 Å². The standard InChI is InChI=1S/C14H22/c1-2-3-4-5-6-7-8-9-10-11-14-12-13-14/h2-4,11H,1,5-10,12-13H2. The van der Waals surface area contributed by atoms with Gasteiger partial charge in [0.15, 0.2) is 0 Å². The molecule has 1 rings (SSSR count). The summed E-state index contributed by atoms with van der Waals surface area (Å²) in [4.78, 5) is 0. The van der Waals surface area contributed by atoms with E-state index in [1.54, 1.807) is 5.57 Å². The molecule has 0 saturated heterocycles. The van der Waals surface area contributed by atoms with Gasteiger partial charge in [-0.15, -0.1) is 0 Å². The van der Waals surface area contributed by atoms with Crippen LogP contribution >= 0.6 is 0 Å². The van der Waals surface area contributed by atoms with Gasteiger partial charge in [0.05, 0.1) is 0 Å². The van der Waals surface area contributed by atoms with Crippen molar-refractivity contribution in [3.8, 4) is 0 Å². The van der Waals surface area contributed by atoms with Crippen molar-refractivity contribution in [2.75, 3.05) is 0 Å². The highest BCUT2D eigenvalue weighted by Gasteiger charge is 2.08. The van der Waals surface area contributed by atoms with Crippen molar-refractivity contribution in [1.29, 1.82) is 0 Å². The summed E-state index contributed by atoms with van der Waals surface area (Å²) in [5.74, 6) is 0. The minimum absolute atomic E-state index is 1.22. The van der Waals surface area contributed by atoms with E-state index < -0.39 is 0 Å². The molecule has 0 bridgehead atoms. The Bertz CT molecular complexity index is 202. The monoisotopic (exact) mass is 190 g/mol. The molecule has 0 aromatic heterocycles. The Kier molecular flexibility index (Phi) is 6.14. The van der Waals surface area contributed by atoms with E-state index in [9.17, 15) is 0 Å². The van der Waals surface area contributed by atoms with E-state index in [-0.39, 0.29) is 0 Å². The van der Waals surface area contributed by atoms with Gasteiger partial charge in [0, 0.05) is 0 Å². The molecular weight excluding hydrogens is 168 g/mol. The summed E-state index contributed by atoms with van der Waals surface area (Å²) in [6.45, 7) is 3.65. The summed E-state index contributed by atoms with van der Waals surface area (Å²) in [5.41, 5.74) is 1.69.